The van der Waals surface area contributed by atoms with Crippen LogP contribution in [-0.4, -0.2) is 20.2 Å². The molecule has 2 aromatic heterocycles. The van der Waals surface area contributed by atoms with Crippen molar-refractivity contribution in [1.82, 2.24) is 15.1 Å². The highest BCUT2D eigenvalue weighted by atomic mass is 79.9. The normalized spacial score (nSPS) is 10.7. The van der Waals surface area contributed by atoms with Crippen LogP contribution < -0.4 is 0 Å². The quantitative estimate of drug-likeness (QED) is 0.777. The summed E-state index contributed by atoms with van der Waals surface area (Å²) in [6.07, 6.45) is 3.32. The summed E-state index contributed by atoms with van der Waals surface area (Å²) in [4.78, 5) is 8.34. The number of rotatable bonds is 2. The van der Waals surface area contributed by atoms with Gasteiger partial charge >= 0.3 is 0 Å². The molecule has 0 aliphatic rings. The van der Waals surface area contributed by atoms with Gasteiger partial charge < -0.3 is 9.63 Å². The van der Waals surface area contributed by atoms with E-state index in [1.807, 2.05) is 19.1 Å². The summed E-state index contributed by atoms with van der Waals surface area (Å²) in [6, 6.07) is 7.12. The molecule has 0 aliphatic heterocycles. The van der Waals surface area contributed by atoms with E-state index in [9.17, 15) is 5.11 Å². The first-order valence-corrected chi connectivity index (χ1v) is 6.67. The Bertz CT molecular complexity index is 771. The molecule has 1 aromatic carbocycles. The van der Waals surface area contributed by atoms with E-state index in [1.54, 1.807) is 24.5 Å². The topological polar surface area (TPSA) is 72.0 Å². The van der Waals surface area contributed by atoms with E-state index < -0.39 is 0 Å². The molecule has 6 heteroatoms. The van der Waals surface area contributed by atoms with Gasteiger partial charge in [-0.05, 0) is 46.6 Å². The molecule has 0 amide bonds. The van der Waals surface area contributed by atoms with Crippen LogP contribution in [0.1, 0.15) is 5.56 Å². The van der Waals surface area contributed by atoms with Gasteiger partial charge in [-0.2, -0.15) is 4.98 Å². The Labute approximate surface area is 123 Å². The summed E-state index contributed by atoms with van der Waals surface area (Å²) in [5.41, 5.74) is 2.21. The standard InChI is InChI=1S/C14H10BrN3O2/c1-8-2-3-11(12(19)4-8)14-17-13(18-20-14)9-5-10(15)7-16-6-9/h2-7,19H,1H3. The third-order valence-corrected chi connectivity index (χ3v) is 3.21. The fourth-order valence-electron chi connectivity index (χ4n) is 1.81. The fourth-order valence-corrected chi connectivity index (χ4v) is 2.17. The molecule has 3 aromatic rings. The smallest absolute Gasteiger partial charge is 0.261 e. The van der Waals surface area contributed by atoms with Gasteiger partial charge in [0.2, 0.25) is 5.82 Å². The van der Waals surface area contributed by atoms with Crippen molar-refractivity contribution in [1.29, 1.82) is 0 Å². The lowest BCUT2D eigenvalue weighted by molar-refractivity contribution is 0.425. The first-order valence-electron chi connectivity index (χ1n) is 5.88. The molecule has 0 aliphatic carbocycles. The minimum atomic E-state index is 0.118. The molecule has 1 N–H and O–H groups in total. The summed E-state index contributed by atoms with van der Waals surface area (Å²) < 4.78 is 6.03. The van der Waals surface area contributed by atoms with Crippen molar-refractivity contribution in [3.63, 3.8) is 0 Å². The van der Waals surface area contributed by atoms with Gasteiger partial charge in [-0.1, -0.05) is 11.2 Å². The van der Waals surface area contributed by atoms with Crippen molar-refractivity contribution in [3.8, 4) is 28.6 Å². The molecule has 0 spiro atoms. The number of pyridine rings is 1. The van der Waals surface area contributed by atoms with Crippen molar-refractivity contribution in [2.24, 2.45) is 0 Å². The second-order valence-electron chi connectivity index (χ2n) is 4.34. The summed E-state index contributed by atoms with van der Waals surface area (Å²) in [5.74, 6) is 0.818. The van der Waals surface area contributed by atoms with Crippen LogP contribution in [0.4, 0.5) is 0 Å². The zero-order valence-electron chi connectivity index (χ0n) is 10.5. The van der Waals surface area contributed by atoms with Crippen LogP contribution >= 0.6 is 15.9 Å². The van der Waals surface area contributed by atoms with Crippen molar-refractivity contribution in [2.75, 3.05) is 0 Å². The van der Waals surface area contributed by atoms with Gasteiger partial charge in [0, 0.05) is 22.4 Å². The van der Waals surface area contributed by atoms with Crippen molar-refractivity contribution in [2.45, 2.75) is 6.92 Å². The lowest BCUT2D eigenvalue weighted by atomic mass is 10.1. The predicted octanol–water partition coefficient (Wildman–Crippen LogP) is 3.58. The van der Waals surface area contributed by atoms with Gasteiger partial charge in [-0.15, -0.1) is 0 Å². The molecule has 0 saturated heterocycles. The average Bonchev–Trinajstić information content (AvgIpc) is 2.88. The van der Waals surface area contributed by atoms with E-state index in [0.29, 0.717) is 11.4 Å². The summed E-state index contributed by atoms with van der Waals surface area (Å²) in [5, 5.41) is 13.8. The number of aromatic nitrogens is 3. The van der Waals surface area contributed by atoms with Gasteiger partial charge in [-0.25, -0.2) is 0 Å². The maximum absolute atomic E-state index is 9.92. The number of halogens is 1. The molecule has 3 rings (SSSR count). The van der Waals surface area contributed by atoms with E-state index in [-0.39, 0.29) is 11.6 Å². The number of aromatic hydroxyl groups is 1. The molecular formula is C14H10BrN3O2. The molecule has 0 unspecified atom stereocenters. The molecule has 100 valence electrons. The predicted molar refractivity (Wildman–Crippen MR) is 77.1 cm³/mol. The van der Waals surface area contributed by atoms with Gasteiger partial charge in [0.15, 0.2) is 0 Å². The van der Waals surface area contributed by atoms with E-state index in [4.69, 9.17) is 4.52 Å². The molecule has 0 fully saturated rings. The highest BCUT2D eigenvalue weighted by Crippen LogP contribution is 2.30. The largest absolute Gasteiger partial charge is 0.507 e. The van der Waals surface area contributed by atoms with Crippen LogP contribution in [0.15, 0.2) is 45.7 Å². The summed E-state index contributed by atoms with van der Waals surface area (Å²) >= 11 is 3.34. The zero-order chi connectivity index (χ0) is 14.1. The average molecular weight is 332 g/mol. The van der Waals surface area contributed by atoms with Gasteiger partial charge in [0.25, 0.3) is 5.89 Å². The van der Waals surface area contributed by atoms with E-state index in [2.05, 4.69) is 31.1 Å². The molecule has 0 saturated carbocycles. The van der Waals surface area contributed by atoms with Crippen LogP contribution in [0.5, 0.6) is 5.75 Å². The van der Waals surface area contributed by atoms with E-state index in [1.165, 1.54) is 0 Å². The maximum Gasteiger partial charge on any atom is 0.261 e. The van der Waals surface area contributed by atoms with E-state index >= 15 is 0 Å². The minimum Gasteiger partial charge on any atom is -0.507 e. The SMILES string of the molecule is Cc1ccc(-c2nc(-c3cncc(Br)c3)no2)c(O)c1. The number of hydrogen-bond acceptors (Lipinski definition) is 5. The third-order valence-electron chi connectivity index (χ3n) is 2.77. The monoisotopic (exact) mass is 331 g/mol. The molecular weight excluding hydrogens is 322 g/mol. The number of hydrogen-bond donors (Lipinski definition) is 1. The van der Waals surface area contributed by atoms with Crippen LogP contribution in [0, 0.1) is 6.92 Å². The molecule has 0 bridgehead atoms. The minimum absolute atomic E-state index is 0.118. The Kier molecular flexibility index (Phi) is 3.23. The lowest BCUT2D eigenvalue weighted by Gasteiger charge is -1.99. The molecule has 0 radical (unpaired) electrons. The Morgan fingerprint density at radius 1 is 1.20 bits per heavy atom. The Hall–Kier alpha value is -2.21. The van der Waals surface area contributed by atoms with Gasteiger partial charge in [0.05, 0.1) is 5.56 Å². The van der Waals surface area contributed by atoms with Gasteiger partial charge in [0.1, 0.15) is 5.75 Å². The number of phenolic OH excluding ortho intramolecular Hbond substituents is 1. The van der Waals surface area contributed by atoms with Crippen molar-refractivity contribution in [3.05, 3.63) is 46.7 Å². The first-order chi connectivity index (χ1) is 9.63. The summed E-state index contributed by atoms with van der Waals surface area (Å²) in [7, 11) is 0. The van der Waals surface area contributed by atoms with Crippen LogP contribution in [0.2, 0.25) is 0 Å². The van der Waals surface area contributed by atoms with Crippen molar-refractivity contribution >= 4 is 15.9 Å². The molecule has 5 nitrogen and oxygen atoms in total. The van der Waals surface area contributed by atoms with Crippen LogP contribution in [0.3, 0.4) is 0 Å². The highest BCUT2D eigenvalue weighted by Gasteiger charge is 2.14. The fraction of sp³-hybridized carbons (Fsp3) is 0.0714. The van der Waals surface area contributed by atoms with Crippen molar-refractivity contribution < 1.29 is 9.63 Å². The first kappa shape index (κ1) is 12.8. The zero-order valence-corrected chi connectivity index (χ0v) is 12.1. The molecule has 20 heavy (non-hydrogen) atoms. The number of nitrogens with zero attached hydrogens (tertiary/aromatic N) is 3. The number of aryl methyl sites for hydroxylation is 1. The third kappa shape index (κ3) is 2.42. The van der Waals surface area contributed by atoms with E-state index in [0.717, 1.165) is 15.6 Å². The number of phenols is 1. The maximum atomic E-state index is 9.92. The number of benzene rings is 1. The highest BCUT2D eigenvalue weighted by molar-refractivity contribution is 9.10. The van der Waals surface area contributed by atoms with Gasteiger partial charge in [-0.3, -0.25) is 4.98 Å². The lowest BCUT2D eigenvalue weighted by Crippen LogP contribution is -1.84. The Morgan fingerprint density at radius 3 is 2.80 bits per heavy atom. The second kappa shape index (κ2) is 5.05. The Morgan fingerprint density at radius 2 is 2.05 bits per heavy atom. The molecule has 2 heterocycles. The van der Waals surface area contributed by atoms with Crippen LogP contribution in [-0.2, 0) is 0 Å². The second-order valence-corrected chi connectivity index (χ2v) is 5.25. The summed E-state index contributed by atoms with van der Waals surface area (Å²) in [6.45, 7) is 1.90. The van der Waals surface area contributed by atoms with Crippen LogP contribution in [0.25, 0.3) is 22.8 Å². The Balaban J connectivity index is 2.02. The molecule has 0 atom stereocenters.